The monoisotopic (exact) mass is 265 g/mol. The first-order valence-electron chi connectivity index (χ1n) is 6.64. The molecule has 1 amide bonds. The predicted molar refractivity (Wildman–Crippen MR) is 68.7 cm³/mol. The van der Waals surface area contributed by atoms with E-state index < -0.39 is 5.97 Å². The highest BCUT2D eigenvalue weighted by atomic mass is 16.4. The van der Waals surface area contributed by atoms with E-state index in [-0.39, 0.29) is 17.5 Å². The lowest BCUT2D eigenvalue weighted by Gasteiger charge is -2.31. The molecule has 1 aromatic heterocycles. The van der Waals surface area contributed by atoms with Gasteiger partial charge >= 0.3 is 5.97 Å². The molecule has 2 rings (SSSR count). The first kappa shape index (κ1) is 13.6. The summed E-state index contributed by atoms with van der Waals surface area (Å²) < 4.78 is 1.82. The Kier molecular flexibility index (Phi) is 3.87. The maximum Gasteiger partial charge on any atom is 0.356 e. The minimum Gasteiger partial charge on any atom is -0.476 e. The molecule has 6 heteroatoms. The molecular weight excluding hydrogens is 246 g/mol. The molecule has 0 spiro atoms. The molecule has 0 saturated heterocycles. The van der Waals surface area contributed by atoms with Gasteiger partial charge in [-0.1, -0.05) is 13.8 Å². The van der Waals surface area contributed by atoms with Crippen molar-refractivity contribution in [1.82, 2.24) is 14.5 Å². The van der Waals surface area contributed by atoms with Crippen molar-refractivity contribution in [3.63, 3.8) is 0 Å². The van der Waals surface area contributed by atoms with Crippen molar-refractivity contribution in [2.75, 3.05) is 6.54 Å². The quantitative estimate of drug-likeness (QED) is 0.892. The lowest BCUT2D eigenvalue weighted by atomic mass is 10.0. The molecule has 0 radical (unpaired) electrons. The summed E-state index contributed by atoms with van der Waals surface area (Å²) in [5, 5.41) is 9.08. The highest BCUT2D eigenvalue weighted by Gasteiger charge is 2.28. The van der Waals surface area contributed by atoms with Gasteiger partial charge in [-0.15, -0.1) is 0 Å². The van der Waals surface area contributed by atoms with E-state index in [9.17, 15) is 9.59 Å². The maximum absolute atomic E-state index is 12.3. The Labute approximate surface area is 112 Å². The predicted octanol–water partition coefficient (Wildman–Crippen LogP) is 1.36. The number of aromatic nitrogens is 2. The van der Waals surface area contributed by atoms with Gasteiger partial charge in [0.25, 0.3) is 0 Å². The van der Waals surface area contributed by atoms with Crippen molar-refractivity contribution >= 4 is 11.9 Å². The van der Waals surface area contributed by atoms with E-state index in [1.54, 1.807) is 4.90 Å². The number of nitrogens with zero attached hydrogens (tertiary/aromatic N) is 3. The van der Waals surface area contributed by atoms with Crippen LogP contribution in [0.4, 0.5) is 0 Å². The van der Waals surface area contributed by atoms with Crippen LogP contribution >= 0.6 is 0 Å². The Hall–Kier alpha value is -1.85. The van der Waals surface area contributed by atoms with E-state index in [0.29, 0.717) is 25.3 Å². The molecule has 0 fully saturated rings. The molecule has 0 aromatic carbocycles. The molecule has 1 aromatic rings. The number of carbonyl (C=O) groups excluding carboxylic acids is 1. The molecule has 1 aliphatic rings. The van der Waals surface area contributed by atoms with Crippen molar-refractivity contribution in [2.24, 2.45) is 5.92 Å². The van der Waals surface area contributed by atoms with Crippen LogP contribution < -0.4 is 0 Å². The number of hydrogen-bond donors (Lipinski definition) is 1. The maximum atomic E-state index is 12.3. The standard InChI is InChI=1S/C13H19N3O3/c1-3-9(4-2)12(17)15-5-6-16-8-14-11(13(18)19)10(16)7-15/h8-9H,3-7H2,1-2H3,(H,18,19). The van der Waals surface area contributed by atoms with E-state index >= 15 is 0 Å². The van der Waals surface area contributed by atoms with Gasteiger partial charge in [0.05, 0.1) is 18.6 Å². The van der Waals surface area contributed by atoms with E-state index in [2.05, 4.69) is 4.98 Å². The fourth-order valence-corrected chi connectivity index (χ4v) is 2.52. The van der Waals surface area contributed by atoms with Gasteiger partial charge in [-0.05, 0) is 12.8 Å². The number of rotatable bonds is 4. The number of aromatic carboxylic acids is 1. The van der Waals surface area contributed by atoms with Gasteiger partial charge in [0.1, 0.15) is 0 Å². The van der Waals surface area contributed by atoms with E-state index in [4.69, 9.17) is 5.11 Å². The smallest absolute Gasteiger partial charge is 0.356 e. The lowest BCUT2D eigenvalue weighted by Crippen LogP contribution is -2.41. The summed E-state index contributed by atoms with van der Waals surface area (Å²) in [7, 11) is 0. The summed E-state index contributed by atoms with van der Waals surface area (Å²) >= 11 is 0. The molecule has 0 atom stereocenters. The number of fused-ring (bicyclic) bond motifs is 1. The summed E-state index contributed by atoms with van der Waals surface area (Å²) in [5.41, 5.74) is 0.681. The van der Waals surface area contributed by atoms with Gasteiger partial charge in [0.15, 0.2) is 5.69 Å². The molecule has 1 aliphatic heterocycles. The van der Waals surface area contributed by atoms with Crippen LogP contribution in [-0.4, -0.2) is 38.0 Å². The average molecular weight is 265 g/mol. The minimum absolute atomic E-state index is 0.0303. The van der Waals surface area contributed by atoms with Crippen LogP contribution in [0.1, 0.15) is 42.9 Å². The van der Waals surface area contributed by atoms with Crippen LogP contribution in [0.5, 0.6) is 0 Å². The molecule has 0 unspecified atom stereocenters. The van der Waals surface area contributed by atoms with Gasteiger partial charge in [-0.25, -0.2) is 9.78 Å². The normalized spacial score (nSPS) is 14.6. The zero-order valence-corrected chi connectivity index (χ0v) is 11.3. The molecule has 104 valence electrons. The summed E-state index contributed by atoms with van der Waals surface area (Å²) in [6.45, 7) is 5.59. The van der Waals surface area contributed by atoms with Crippen LogP contribution in [0.3, 0.4) is 0 Å². The van der Waals surface area contributed by atoms with E-state index in [0.717, 1.165) is 12.8 Å². The van der Waals surface area contributed by atoms with Crippen LogP contribution in [0, 0.1) is 5.92 Å². The Balaban J connectivity index is 2.19. The molecule has 0 saturated carbocycles. The number of carboxylic acid groups (broad SMARTS) is 1. The fraction of sp³-hybridized carbons (Fsp3) is 0.615. The van der Waals surface area contributed by atoms with Gasteiger partial charge in [-0.3, -0.25) is 4.79 Å². The zero-order valence-electron chi connectivity index (χ0n) is 11.3. The van der Waals surface area contributed by atoms with Crippen LogP contribution in [-0.2, 0) is 17.9 Å². The summed E-state index contributed by atoms with van der Waals surface area (Å²) in [6.07, 6.45) is 3.17. The highest BCUT2D eigenvalue weighted by Crippen LogP contribution is 2.20. The number of carbonyl (C=O) groups is 2. The van der Waals surface area contributed by atoms with E-state index in [1.807, 2.05) is 18.4 Å². The Morgan fingerprint density at radius 2 is 2.05 bits per heavy atom. The topological polar surface area (TPSA) is 75.4 Å². The Morgan fingerprint density at radius 3 is 2.63 bits per heavy atom. The van der Waals surface area contributed by atoms with Crippen LogP contribution in [0.2, 0.25) is 0 Å². The SMILES string of the molecule is CCC(CC)C(=O)N1CCn2cnc(C(=O)O)c2C1. The van der Waals surface area contributed by atoms with Crippen molar-refractivity contribution in [1.29, 1.82) is 0 Å². The lowest BCUT2D eigenvalue weighted by molar-refractivity contribution is -0.137. The molecule has 0 aliphatic carbocycles. The van der Waals surface area contributed by atoms with Crippen LogP contribution in [0.25, 0.3) is 0 Å². The third-order valence-corrected chi connectivity index (χ3v) is 3.75. The second kappa shape index (κ2) is 5.42. The number of imidazole rings is 1. The van der Waals surface area contributed by atoms with Crippen molar-refractivity contribution in [3.8, 4) is 0 Å². The molecular formula is C13H19N3O3. The number of amides is 1. The summed E-state index contributed by atoms with van der Waals surface area (Å²) in [4.78, 5) is 29.1. The first-order valence-corrected chi connectivity index (χ1v) is 6.64. The third kappa shape index (κ3) is 2.47. The Morgan fingerprint density at radius 1 is 1.37 bits per heavy atom. The number of carboxylic acids is 1. The molecule has 0 bridgehead atoms. The molecule has 19 heavy (non-hydrogen) atoms. The second-order valence-corrected chi connectivity index (χ2v) is 4.81. The van der Waals surface area contributed by atoms with Gasteiger partial charge < -0.3 is 14.6 Å². The molecule has 6 nitrogen and oxygen atoms in total. The molecule has 2 heterocycles. The third-order valence-electron chi connectivity index (χ3n) is 3.75. The summed E-state index contributed by atoms with van der Waals surface area (Å²) in [5.74, 6) is -0.887. The summed E-state index contributed by atoms with van der Waals surface area (Å²) in [6, 6.07) is 0. The average Bonchev–Trinajstić information content (AvgIpc) is 2.82. The first-order chi connectivity index (χ1) is 9.08. The van der Waals surface area contributed by atoms with Crippen molar-refractivity contribution < 1.29 is 14.7 Å². The van der Waals surface area contributed by atoms with Crippen LogP contribution in [0.15, 0.2) is 6.33 Å². The zero-order chi connectivity index (χ0) is 14.0. The van der Waals surface area contributed by atoms with Gasteiger partial charge in [-0.2, -0.15) is 0 Å². The van der Waals surface area contributed by atoms with Crippen molar-refractivity contribution in [3.05, 3.63) is 17.7 Å². The fourth-order valence-electron chi connectivity index (χ4n) is 2.52. The second-order valence-electron chi connectivity index (χ2n) is 4.81. The van der Waals surface area contributed by atoms with Gasteiger partial charge in [0, 0.05) is 19.0 Å². The minimum atomic E-state index is -1.04. The Bertz CT molecular complexity index is 491. The van der Waals surface area contributed by atoms with E-state index in [1.165, 1.54) is 6.33 Å². The van der Waals surface area contributed by atoms with Gasteiger partial charge in [0.2, 0.25) is 5.91 Å². The number of hydrogen-bond acceptors (Lipinski definition) is 3. The highest BCUT2D eigenvalue weighted by molar-refractivity contribution is 5.87. The van der Waals surface area contributed by atoms with Crippen molar-refractivity contribution in [2.45, 2.75) is 39.8 Å². The molecule has 1 N–H and O–H groups in total. The largest absolute Gasteiger partial charge is 0.476 e.